The van der Waals surface area contributed by atoms with E-state index in [0.29, 0.717) is 18.4 Å². The molecule has 1 heterocycles. The van der Waals surface area contributed by atoms with Gasteiger partial charge in [0.15, 0.2) is 0 Å². The second-order valence-corrected chi connectivity index (χ2v) is 8.68. The molecule has 0 saturated carbocycles. The lowest BCUT2D eigenvalue weighted by atomic mass is 10.0. The quantitative estimate of drug-likeness (QED) is 0.558. The highest BCUT2D eigenvalue weighted by Gasteiger charge is 2.37. The summed E-state index contributed by atoms with van der Waals surface area (Å²) in [5.74, 6) is -0.702. The summed E-state index contributed by atoms with van der Waals surface area (Å²) in [6.45, 7) is 4.13. The first kappa shape index (κ1) is 23.2. The topological polar surface area (TPSA) is 78.5 Å². The first-order chi connectivity index (χ1) is 16.4. The number of rotatable bonds is 7. The Morgan fingerprint density at radius 2 is 1.56 bits per heavy atom. The van der Waals surface area contributed by atoms with E-state index in [1.807, 2.05) is 92.7 Å². The zero-order valence-corrected chi connectivity index (χ0v) is 19.5. The maximum atomic E-state index is 13.8. The minimum Gasteiger partial charge on any atom is -0.344 e. The summed E-state index contributed by atoms with van der Waals surface area (Å²) in [6.07, 6.45) is 0.725. The Balaban J connectivity index is 1.75. The van der Waals surface area contributed by atoms with Crippen LogP contribution in [-0.2, 0) is 20.9 Å². The molecule has 34 heavy (non-hydrogen) atoms. The molecule has 1 fully saturated rings. The summed E-state index contributed by atoms with van der Waals surface area (Å²) >= 11 is 0. The SMILES string of the molecule is Cc1cccc(C)c1NC(=O)[C@@H](c1ccccc1)N(Cc1ccccc1)C(=O)[C@@H]1CCC(=O)N1. The van der Waals surface area contributed by atoms with Crippen LogP contribution in [0.3, 0.4) is 0 Å². The van der Waals surface area contributed by atoms with E-state index in [1.54, 1.807) is 4.90 Å². The van der Waals surface area contributed by atoms with Crippen molar-refractivity contribution >= 4 is 23.4 Å². The Morgan fingerprint density at radius 1 is 0.941 bits per heavy atom. The lowest BCUT2D eigenvalue weighted by Gasteiger charge is -2.33. The van der Waals surface area contributed by atoms with Gasteiger partial charge in [0.2, 0.25) is 11.8 Å². The molecule has 6 heteroatoms. The largest absolute Gasteiger partial charge is 0.344 e. The average molecular weight is 456 g/mol. The minimum absolute atomic E-state index is 0.144. The van der Waals surface area contributed by atoms with Crippen molar-refractivity contribution in [2.75, 3.05) is 5.32 Å². The van der Waals surface area contributed by atoms with E-state index in [1.165, 1.54) is 0 Å². The van der Waals surface area contributed by atoms with Gasteiger partial charge in [-0.25, -0.2) is 0 Å². The number of benzene rings is 3. The lowest BCUT2D eigenvalue weighted by Crippen LogP contribution is -2.48. The van der Waals surface area contributed by atoms with Gasteiger partial charge in [0.1, 0.15) is 12.1 Å². The fourth-order valence-corrected chi connectivity index (χ4v) is 4.39. The number of nitrogens with zero attached hydrogens (tertiary/aromatic N) is 1. The molecular weight excluding hydrogens is 426 g/mol. The van der Waals surface area contributed by atoms with Crippen molar-refractivity contribution < 1.29 is 14.4 Å². The molecular formula is C28H29N3O3. The van der Waals surface area contributed by atoms with Crippen LogP contribution in [0.5, 0.6) is 0 Å². The van der Waals surface area contributed by atoms with Gasteiger partial charge in [-0.3, -0.25) is 14.4 Å². The highest BCUT2D eigenvalue weighted by Crippen LogP contribution is 2.29. The molecule has 0 aliphatic carbocycles. The van der Waals surface area contributed by atoms with Gasteiger partial charge in [0, 0.05) is 18.7 Å². The highest BCUT2D eigenvalue weighted by molar-refractivity contribution is 6.00. The molecule has 0 bridgehead atoms. The Morgan fingerprint density at radius 3 is 2.15 bits per heavy atom. The number of carbonyl (C=O) groups is 3. The Hall–Kier alpha value is -3.93. The predicted octanol–water partition coefficient (Wildman–Crippen LogP) is 4.29. The monoisotopic (exact) mass is 455 g/mol. The van der Waals surface area contributed by atoms with Gasteiger partial charge in [0.25, 0.3) is 5.91 Å². The van der Waals surface area contributed by atoms with Crippen LogP contribution in [0, 0.1) is 13.8 Å². The Bertz CT molecular complexity index is 1160. The smallest absolute Gasteiger partial charge is 0.251 e. The number of nitrogens with one attached hydrogen (secondary N) is 2. The number of carbonyl (C=O) groups excluding carboxylic acids is 3. The van der Waals surface area contributed by atoms with E-state index < -0.39 is 12.1 Å². The fourth-order valence-electron chi connectivity index (χ4n) is 4.39. The van der Waals surface area contributed by atoms with Crippen LogP contribution in [0.25, 0.3) is 0 Å². The third-order valence-corrected chi connectivity index (χ3v) is 6.18. The van der Waals surface area contributed by atoms with E-state index in [9.17, 15) is 14.4 Å². The van der Waals surface area contributed by atoms with E-state index in [0.717, 1.165) is 22.4 Å². The second kappa shape index (κ2) is 10.3. The normalized spacial score (nSPS) is 15.9. The van der Waals surface area contributed by atoms with Gasteiger partial charge in [-0.1, -0.05) is 78.9 Å². The molecule has 1 aliphatic heterocycles. The molecule has 0 spiro atoms. The molecule has 3 aromatic carbocycles. The van der Waals surface area contributed by atoms with Crippen molar-refractivity contribution in [2.45, 2.75) is 45.3 Å². The second-order valence-electron chi connectivity index (χ2n) is 8.68. The summed E-state index contributed by atoms with van der Waals surface area (Å²) in [7, 11) is 0. The standard InChI is InChI=1S/C28H29N3O3/c1-19-10-9-11-20(2)25(19)30-27(33)26(22-14-7-4-8-15-22)31(18-21-12-5-3-6-13-21)28(34)23-16-17-24(32)29-23/h3-15,23,26H,16-18H2,1-2H3,(H,29,32)(H,30,33)/t23-,26+/m0/s1. The Labute approximate surface area is 200 Å². The van der Waals surface area contributed by atoms with Crippen LogP contribution in [0.2, 0.25) is 0 Å². The molecule has 0 unspecified atom stereocenters. The van der Waals surface area contributed by atoms with Gasteiger partial charge in [0.05, 0.1) is 0 Å². The summed E-state index contributed by atoms with van der Waals surface area (Å²) in [6, 6.07) is 23.2. The van der Waals surface area contributed by atoms with Crippen molar-refractivity contribution in [2.24, 2.45) is 0 Å². The van der Waals surface area contributed by atoms with Gasteiger partial charge >= 0.3 is 0 Å². The first-order valence-electron chi connectivity index (χ1n) is 11.5. The Kier molecular flexibility index (Phi) is 7.07. The molecule has 174 valence electrons. The van der Waals surface area contributed by atoms with Gasteiger partial charge in [-0.05, 0) is 42.5 Å². The van der Waals surface area contributed by atoms with Crippen LogP contribution >= 0.6 is 0 Å². The lowest BCUT2D eigenvalue weighted by molar-refractivity contribution is -0.141. The van der Waals surface area contributed by atoms with Crippen molar-refractivity contribution in [1.82, 2.24) is 10.2 Å². The predicted molar refractivity (Wildman–Crippen MR) is 132 cm³/mol. The molecule has 0 radical (unpaired) electrons. The van der Waals surface area contributed by atoms with Gasteiger partial charge in [-0.2, -0.15) is 0 Å². The summed E-state index contributed by atoms with van der Waals surface area (Å²) in [4.78, 5) is 41.0. The first-order valence-corrected chi connectivity index (χ1v) is 11.5. The van der Waals surface area contributed by atoms with Gasteiger partial charge < -0.3 is 15.5 Å². The van der Waals surface area contributed by atoms with Crippen LogP contribution in [0.15, 0.2) is 78.9 Å². The molecule has 2 atom stereocenters. The number of amides is 3. The third-order valence-electron chi connectivity index (χ3n) is 6.18. The van der Waals surface area contributed by atoms with Crippen molar-refractivity contribution in [3.8, 4) is 0 Å². The number of hydrogen-bond acceptors (Lipinski definition) is 3. The molecule has 2 N–H and O–H groups in total. The van der Waals surface area contributed by atoms with Crippen LogP contribution in [0.1, 0.15) is 41.1 Å². The number of aryl methyl sites for hydroxylation is 2. The maximum absolute atomic E-state index is 13.8. The van der Waals surface area contributed by atoms with Crippen LogP contribution < -0.4 is 10.6 Å². The summed E-state index contributed by atoms with van der Waals surface area (Å²) in [5.41, 5.74) is 4.25. The van der Waals surface area contributed by atoms with Crippen molar-refractivity contribution in [1.29, 1.82) is 0 Å². The van der Waals surface area contributed by atoms with E-state index in [-0.39, 0.29) is 24.3 Å². The fraction of sp³-hybridized carbons (Fsp3) is 0.250. The van der Waals surface area contributed by atoms with Crippen LogP contribution in [-0.4, -0.2) is 28.7 Å². The molecule has 3 amide bonds. The van der Waals surface area contributed by atoms with Crippen molar-refractivity contribution in [3.05, 3.63) is 101 Å². The molecule has 4 rings (SSSR count). The number of para-hydroxylation sites is 1. The van der Waals surface area contributed by atoms with E-state index >= 15 is 0 Å². The summed E-state index contributed by atoms with van der Waals surface area (Å²) < 4.78 is 0. The molecule has 3 aromatic rings. The number of hydrogen-bond donors (Lipinski definition) is 2. The highest BCUT2D eigenvalue weighted by atomic mass is 16.2. The third kappa shape index (κ3) is 5.17. The molecule has 1 aliphatic rings. The molecule has 1 saturated heterocycles. The zero-order chi connectivity index (χ0) is 24.1. The maximum Gasteiger partial charge on any atom is 0.251 e. The zero-order valence-electron chi connectivity index (χ0n) is 19.5. The molecule has 0 aromatic heterocycles. The van der Waals surface area contributed by atoms with Crippen LogP contribution in [0.4, 0.5) is 5.69 Å². The minimum atomic E-state index is -0.870. The van der Waals surface area contributed by atoms with Crippen molar-refractivity contribution in [3.63, 3.8) is 0 Å². The van der Waals surface area contributed by atoms with E-state index in [4.69, 9.17) is 0 Å². The number of anilines is 1. The van der Waals surface area contributed by atoms with Gasteiger partial charge in [-0.15, -0.1) is 0 Å². The molecule has 6 nitrogen and oxygen atoms in total. The average Bonchev–Trinajstić information content (AvgIpc) is 3.28. The summed E-state index contributed by atoms with van der Waals surface area (Å²) in [5, 5.41) is 5.85. The van der Waals surface area contributed by atoms with E-state index in [2.05, 4.69) is 10.6 Å².